The first-order chi connectivity index (χ1) is 9.84. The summed E-state index contributed by atoms with van der Waals surface area (Å²) in [6, 6.07) is 0.644. The van der Waals surface area contributed by atoms with Crippen LogP contribution in [0.25, 0.3) is 0 Å². The molecule has 1 aliphatic heterocycles. The van der Waals surface area contributed by atoms with E-state index in [1.54, 1.807) is 0 Å². The average molecular weight is 299 g/mol. The van der Waals surface area contributed by atoms with Gasteiger partial charge >= 0.3 is 5.97 Å². The molecule has 0 aromatic heterocycles. The number of hydrogen-bond acceptors (Lipinski definition) is 5. The zero-order valence-corrected chi connectivity index (χ0v) is 14.6. The molecule has 1 heterocycles. The predicted octanol–water partition coefficient (Wildman–Crippen LogP) is 1.19. The third-order valence-electron chi connectivity index (χ3n) is 4.74. The number of likely N-dealkylation sites (tertiary alicyclic amines) is 1. The molecule has 1 fully saturated rings. The third-order valence-corrected chi connectivity index (χ3v) is 4.74. The molecule has 1 N–H and O–H groups in total. The number of nitrogens with one attached hydrogen (secondary N) is 1. The van der Waals surface area contributed by atoms with E-state index in [9.17, 15) is 4.79 Å². The van der Waals surface area contributed by atoms with Crippen LogP contribution in [-0.4, -0.2) is 74.7 Å². The Kier molecular flexibility index (Phi) is 7.10. The van der Waals surface area contributed by atoms with E-state index in [1.807, 2.05) is 20.9 Å². The standard InChI is InChI=1S/C16H33N3O2/c1-7-21-15(20)16(3,17-4)9-8-10-19-11-13(2)14(12-19)18(5)6/h13-14,17H,7-12H2,1-6H3. The molecule has 1 aliphatic rings. The van der Waals surface area contributed by atoms with Crippen molar-refractivity contribution in [2.45, 2.75) is 45.2 Å². The molecule has 0 aromatic rings. The van der Waals surface area contributed by atoms with E-state index < -0.39 is 5.54 Å². The molecule has 0 aromatic carbocycles. The van der Waals surface area contributed by atoms with Gasteiger partial charge in [0.2, 0.25) is 0 Å². The zero-order chi connectivity index (χ0) is 16.0. The summed E-state index contributed by atoms with van der Waals surface area (Å²) in [6.07, 6.45) is 1.81. The van der Waals surface area contributed by atoms with Gasteiger partial charge in [-0.2, -0.15) is 0 Å². The maximum Gasteiger partial charge on any atom is 0.326 e. The number of nitrogens with zero attached hydrogens (tertiary/aromatic N) is 2. The lowest BCUT2D eigenvalue weighted by Crippen LogP contribution is -2.49. The van der Waals surface area contributed by atoms with E-state index in [4.69, 9.17) is 4.74 Å². The summed E-state index contributed by atoms with van der Waals surface area (Å²) >= 11 is 0. The topological polar surface area (TPSA) is 44.8 Å². The number of carbonyl (C=O) groups is 1. The maximum atomic E-state index is 12.0. The van der Waals surface area contributed by atoms with Crippen LogP contribution in [0.4, 0.5) is 0 Å². The predicted molar refractivity (Wildman–Crippen MR) is 86.4 cm³/mol. The van der Waals surface area contributed by atoms with E-state index in [-0.39, 0.29) is 5.97 Å². The van der Waals surface area contributed by atoms with Crippen molar-refractivity contribution in [3.05, 3.63) is 0 Å². The van der Waals surface area contributed by atoms with E-state index in [2.05, 4.69) is 36.1 Å². The van der Waals surface area contributed by atoms with Crippen molar-refractivity contribution in [1.29, 1.82) is 0 Å². The van der Waals surface area contributed by atoms with Crippen LogP contribution in [0.2, 0.25) is 0 Å². The van der Waals surface area contributed by atoms with Crippen molar-refractivity contribution in [2.24, 2.45) is 5.92 Å². The molecule has 124 valence electrons. The summed E-state index contributed by atoms with van der Waals surface area (Å²) in [6.45, 7) is 9.86. The first-order valence-corrected chi connectivity index (χ1v) is 8.09. The smallest absolute Gasteiger partial charge is 0.326 e. The van der Waals surface area contributed by atoms with Crippen molar-refractivity contribution in [1.82, 2.24) is 15.1 Å². The summed E-state index contributed by atoms with van der Waals surface area (Å²) in [7, 11) is 6.14. The zero-order valence-electron chi connectivity index (χ0n) is 14.6. The summed E-state index contributed by atoms with van der Waals surface area (Å²) in [5.74, 6) is 0.564. The first kappa shape index (κ1) is 18.4. The fraction of sp³-hybridized carbons (Fsp3) is 0.938. The molecule has 1 saturated heterocycles. The number of likely N-dealkylation sites (N-methyl/N-ethyl adjacent to an activating group) is 2. The molecule has 0 bridgehead atoms. The Hall–Kier alpha value is -0.650. The minimum Gasteiger partial charge on any atom is -0.465 e. The van der Waals surface area contributed by atoms with Gasteiger partial charge in [0.15, 0.2) is 0 Å². The second kappa shape index (κ2) is 8.11. The molecule has 21 heavy (non-hydrogen) atoms. The lowest BCUT2D eigenvalue weighted by molar-refractivity contribution is -0.150. The molecular formula is C16H33N3O2. The molecule has 5 heteroatoms. The highest BCUT2D eigenvalue weighted by atomic mass is 16.5. The fourth-order valence-corrected chi connectivity index (χ4v) is 3.18. The lowest BCUT2D eigenvalue weighted by atomic mass is 9.96. The molecule has 0 amide bonds. The van der Waals surface area contributed by atoms with Crippen LogP contribution in [0.15, 0.2) is 0 Å². The Balaban J connectivity index is 2.40. The van der Waals surface area contributed by atoms with E-state index >= 15 is 0 Å². The normalized spacial score (nSPS) is 26.0. The lowest BCUT2D eigenvalue weighted by Gasteiger charge is -2.27. The Morgan fingerprint density at radius 2 is 2.10 bits per heavy atom. The van der Waals surface area contributed by atoms with Crippen LogP contribution in [-0.2, 0) is 9.53 Å². The van der Waals surface area contributed by atoms with Crippen LogP contribution in [0.1, 0.15) is 33.6 Å². The quantitative estimate of drug-likeness (QED) is 0.682. The number of ether oxygens (including phenoxy) is 1. The summed E-state index contributed by atoms with van der Waals surface area (Å²) in [4.78, 5) is 16.8. The minimum absolute atomic E-state index is 0.145. The highest BCUT2D eigenvalue weighted by Gasteiger charge is 2.34. The third kappa shape index (κ3) is 4.94. The van der Waals surface area contributed by atoms with Crippen molar-refractivity contribution in [2.75, 3.05) is 47.4 Å². The van der Waals surface area contributed by atoms with Gasteiger partial charge in [-0.05, 0) is 60.3 Å². The van der Waals surface area contributed by atoms with Crippen LogP contribution >= 0.6 is 0 Å². The van der Waals surface area contributed by atoms with Gasteiger partial charge in [-0.1, -0.05) is 6.92 Å². The van der Waals surface area contributed by atoms with Crippen LogP contribution in [0.5, 0.6) is 0 Å². The van der Waals surface area contributed by atoms with Gasteiger partial charge in [-0.25, -0.2) is 0 Å². The molecule has 0 saturated carbocycles. The largest absolute Gasteiger partial charge is 0.465 e. The molecule has 3 unspecified atom stereocenters. The minimum atomic E-state index is -0.567. The highest BCUT2D eigenvalue weighted by Crippen LogP contribution is 2.21. The summed E-state index contributed by atoms with van der Waals surface area (Å²) in [5, 5.41) is 3.12. The van der Waals surface area contributed by atoms with Gasteiger partial charge in [0.1, 0.15) is 5.54 Å². The Morgan fingerprint density at radius 1 is 1.43 bits per heavy atom. The summed E-state index contributed by atoms with van der Waals surface area (Å²) < 4.78 is 5.16. The molecule has 1 rings (SSSR count). The number of carbonyl (C=O) groups excluding carboxylic acids is 1. The van der Waals surface area contributed by atoms with Gasteiger partial charge in [0.25, 0.3) is 0 Å². The van der Waals surface area contributed by atoms with Crippen molar-refractivity contribution < 1.29 is 9.53 Å². The van der Waals surface area contributed by atoms with Gasteiger partial charge in [-0.3, -0.25) is 4.79 Å². The number of esters is 1. The Morgan fingerprint density at radius 3 is 2.57 bits per heavy atom. The monoisotopic (exact) mass is 299 g/mol. The molecule has 0 radical (unpaired) electrons. The number of hydrogen-bond donors (Lipinski definition) is 1. The number of rotatable bonds is 8. The molecule has 5 nitrogen and oxygen atoms in total. The van der Waals surface area contributed by atoms with Crippen molar-refractivity contribution in [3.63, 3.8) is 0 Å². The SMILES string of the molecule is CCOC(=O)C(C)(CCCN1CC(C)C(N(C)C)C1)NC. The van der Waals surface area contributed by atoms with Crippen molar-refractivity contribution in [3.8, 4) is 0 Å². The molecule has 3 atom stereocenters. The average Bonchev–Trinajstić information content (AvgIpc) is 2.80. The Labute approximate surface area is 130 Å². The van der Waals surface area contributed by atoms with Crippen LogP contribution in [0, 0.1) is 5.92 Å². The van der Waals surface area contributed by atoms with E-state index in [0.29, 0.717) is 18.6 Å². The van der Waals surface area contributed by atoms with Gasteiger partial charge in [0.05, 0.1) is 6.61 Å². The van der Waals surface area contributed by atoms with Gasteiger partial charge < -0.3 is 19.9 Å². The fourth-order valence-electron chi connectivity index (χ4n) is 3.18. The van der Waals surface area contributed by atoms with E-state index in [1.165, 1.54) is 0 Å². The van der Waals surface area contributed by atoms with E-state index in [0.717, 1.165) is 32.5 Å². The molecule has 0 spiro atoms. The van der Waals surface area contributed by atoms with Crippen LogP contribution < -0.4 is 5.32 Å². The highest BCUT2D eigenvalue weighted by molar-refractivity contribution is 5.80. The first-order valence-electron chi connectivity index (χ1n) is 8.09. The van der Waals surface area contributed by atoms with Crippen molar-refractivity contribution >= 4 is 5.97 Å². The second-order valence-electron chi connectivity index (χ2n) is 6.67. The molecular weight excluding hydrogens is 266 g/mol. The maximum absolute atomic E-state index is 12.0. The van der Waals surface area contributed by atoms with Crippen LogP contribution in [0.3, 0.4) is 0 Å². The molecule has 0 aliphatic carbocycles. The van der Waals surface area contributed by atoms with Gasteiger partial charge in [0, 0.05) is 19.1 Å². The second-order valence-corrected chi connectivity index (χ2v) is 6.67. The summed E-state index contributed by atoms with van der Waals surface area (Å²) in [5.41, 5.74) is -0.567. The van der Waals surface area contributed by atoms with Gasteiger partial charge in [-0.15, -0.1) is 0 Å². The Bertz CT molecular complexity index is 335.